The van der Waals surface area contributed by atoms with Gasteiger partial charge in [-0.05, 0) is 0 Å². The van der Waals surface area contributed by atoms with Crippen LogP contribution in [0.2, 0.25) is 0 Å². The maximum atomic E-state index is 9.55. The molecule has 5 heteroatoms. The zero-order chi connectivity index (χ0) is 9.97. The number of aromatic nitrogens is 2. The Bertz CT molecular complexity index is 300. The molecule has 0 radical (unpaired) electrons. The second-order valence-electron chi connectivity index (χ2n) is 3.51. The van der Waals surface area contributed by atoms with E-state index in [0.29, 0.717) is 19.8 Å². The smallest absolute Gasteiger partial charge is 0.205 e. The molecule has 1 fully saturated rings. The van der Waals surface area contributed by atoms with Gasteiger partial charge in [0, 0.05) is 32.5 Å². The van der Waals surface area contributed by atoms with Crippen molar-refractivity contribution < 1.29 is 9.84 Å². The van der Waals surface area contributed by atoms with Crippen LogP contribution in [0.3, 0.4) is 0 Å². The van der Waals surface area contributed by atoms with E-state index in [-0.39, 0.29) is 0 Å². The molecule has 78 valence electrons. The van der Waals surface area contributed by atoms with Gasteiger partial charge in [0.05, 0.1) is 19.3 Å². The minimum atomic E-state index is -0.422. The molecule has 1 unspecified atom stereocenters. The first-order valence-corrected chi connectivity index (χ1v) is 4.75. The molecule has 0 aliphatic carbocycles. The highest BCUT2D eigenvalue weighted by Crippen LogP contribution is 2.11. The van der Waals surface area contributed by atoms with Crippen LogP contribution in [0.5, 0.6) is 0 Å². The summed E-state index contributed by atoms with van der Waals surface area (Å²) in [4.78, 5) is 6.28. The van der Waals surface area contributed by atoms with Gasteiger partial charge < -0.3 is 19.3 Å². The number of aliphatic hydroxyl groups is 1. The van der Waals surface area contributed by atoms with Gasteiger partial charge in [-0.25, -0.2) is 4.98 Å². The van der Waals surface area contributed by atoms with Crippen molar-refractivity contribution in [3.8, 4) is 0 Å². The third kappa shape index (κ3) is 1.88. The Kier molecular flexibility index (Phi) is 2.69. The van der Waals surface area contributed by atoms with Gasteiger partial charge >= 0.3 is 0 Å². The van der Waals surface area contributed by atoms with Crippen molar-refractivity contribution in [1.82, 2.24) is 9.55 Å². The Morgan fingerprint density at radius 1 is 1.64 bits per heavy atom. The van der Waals surface area contributed by atoms with Gasteiger partial charge in [-0.3, -0.25) is 0 Å². The number of ether oxygens (including phenoxy) is 1. The quantitative estimate of drug-likeness (QED) is 0.666. The van der Waals surface area contributed by atoms with Gasteiger partial charge in [-0.2, -0.15) is 0 Å². The van der Waals surface area contributed by atoms with Crippen LogP contribution in [0, 0.1) is 0 Å². The van der Waals surface area contributed by atoms with E-state index >= 15 is 0 Å². The van der Waals surface area contributed by atoms with E-state index in [1.807, 2.05) is 22.7 Å². The number of rotatable bonds is 1. The van der Waals surface area contributed by atoms with Crippen molar-refractivity contribution in [2.75, 3.05) is 31.2 Å². The molecule has 0 amide bonds. The molecule has 1 aromatic rings. The predicted octanol–water partition coefficient (Wildman–Crippen LogP) is -0.382. The Hall–Kier alpha value is -1.07. The first-order valence-electron chi connectivity index (χ1n) is 4.75. The first-order chi connectivity index (χ1) is 6.77. The predicted molar refractivity (Wildman–Crippen MR) is 52.2 cm³/mol. The molecule has 1 N–H and O–H groups in total. The van der Waals surface area contributed by atoms with Gasteiger partial charge in [0.15, 0.2) is 0 Å². The van der Waals surface area contributed by atoms with E-state index < -0.39 is 6.10 Å². The van der Waals surface area contributed by atoms with Crippen molar-refractivity contribution in [1.29, 1.82) is 0 Å². The standard InChI is InChI=1S/C9H15N3O2/c1-11-3-2-10-9(11)12-4-5-14-7-8(13)6-12/h2-3,8,13H,4-7H2,1H3. The zero-order valence-electron chi connectivity index (χ0n) is 8.26. The third-order valence-electron chi connectivity index (χ3n) is 2.33. The minimum Gasteiger partial charge on any atom is -0.389 e. The van der Waals surface area contributed by atoms with Crippen LogP contribution in [0.25, 0.3) is 0 Å². The van der Waals surface area contributed by atoms with Crippen LogP contribution in [0.1, 0.15) is 0 Å². The molecular weight excluding hydrogens is 182 g/mol. The topological polar surface area (TPSA) is 50.5 Å². The van der Waals surface area contributed by atoms with Crippen LogP contribution in [0.4, 0.5) is 5.95 Å². The maximum Gasteiger partial charge on any atom is 0.205 e. The average Bonchev–Trinajstić information content (AvgIpc) is 2.45. The van der Waals surface area contributed by atoms with Crippen LogP contribution in [-0.4, -0.2) is 47.1 Å². The van der Waals surface area contributed by atoms with Crippen molar-refractivity contribution in [2.45, 2.75) is 6.10 Å². The second kappa shape index (κ2) is 3.98. The Labute approximate surface area is 82.9 Å². The van der Waals surface area contributed by atoms with E-state index in [1.54, 1.807) is 6.20 Å². The van der Waals surface area contributed by atoms with E-state index in [4.69, 9.17) is 4.74 Å². The summed E-state index contributed by atoms with van der Waals surface area (Å²) in [7, 11) is 1.94. The van der Waals surface area contributed by atoms with E-state index in [2.05, 4.69) is 4.98 Å². The van der Waals surface area contributed by atoms with Gasteiger partial charge in [-0.15, -0.1) is 0 Å². The molecule has 0 aromatic carbocycles. The second-order valence-corrected chi connectivity index (χ2v) is 3.51. The summed E-state index contributed by atoms with van der Waals surface area (Å²) in [5.74, 6) is 0.884. The molecule has 0 saturated carbocycles. The number of nitrogens with zero attached hydrogens (tertiary/aromatic N) is 3. The molecule has 1 aliphatic heterocycles. The Morgan fingerprint density at radius 2 is 2.50 bits per heavy atom. The largest absolute Gasteiger partial charge is 0.389 e. The lowest BCUT2D eigenvalue weighted by Crippen LogP contribution is -2.34. The molecule has 0 bridgehead atoms. The molecular formula is C9H15N3O2. The van der Waals surface area contributed by atoms with E-state index in [0.717, 1.165) is 12.5 Å². The summed E-state index contributed by atoms with van der Waals surface area (Å²) in [5, 5.41) is 9.55. The van der Waals surface area contributed by atoms with Gasteiger partial charge in [0.1, 0.15) is 0 Å². The molecule has 5 nitrogen and oxygen atoms in total. The molecule has 2 rings (SSSR count). The summed E-state index contributed by atoms with van der Waals surface area (Å²) < 4.78 is 7.19. The van der Waals surface area contributed by atoms with Gasteiger partial charge in [-0.1, -0.05) is 0 Å². The number of anilines is 1. The fourth-order valence-electron chi connectivity index (χ4n) is 1.64. The fraction of sp³-hybridized carbons (Fsp3) is 0.667. The van der Waals surface area contributed by atoms with Crippen molar-refractivity contribution in [3.63, 3.8) is 0 Å². The molecule has 0 spiro atoms. The van der Waals surface area contributed by atoms with Crippen LogP contribution in [0.15, 0.2) is 12.4 Å². The van der Waals surface area contributed by atoms with E-state index in [9.17, 15) is 5.11 Å². The number of hydrogen-bond acceptors (Lipinski definition) is 4. The molecule has 2 heterocycles. The summed E-state index contributed by atoms with van der Waals surface area (Å²) >= 11 is 0. The highest BCUT2D eigenvalue weighted by Gasteiger charge is 2.18. The molecule has 1 aromatic heterocycles. The van der Waals surface area contributed by atoms with Crippen LogP contribution in [-0.2, 0) is 11.8 Å². The molecule has 1 saturated heterocycles. The first kappa shape index (κ1) is 9.48. The lowest BCUT2D eigenvalue weighted by atomic mass is 10.3. The van der Waals surface area contributed by atoms with Crippen LogP contribution < -0.4 is 4.90 Å². The number of aliphatic hydroxyl groups excluding tert-OH is 1. The van der Waals surface area contributed by atoms with E-state index in [1.165, 1.54) is 0 Å². The monoisotopic (exact) mass is 197 g/mol. The summed E-state index contributed by atoms with van der Waals surface area (Å²) in [6.45, 7) is 2.43. The average molecular weight is 197 g/mol. The zero-order valence-corrected chi connectivity index (χ0v) is 8.26. The summed E-state index contributed by atoms with van der Waals surface area (Å²) in [5.41, 5.74) is 0. The molecule has 1 atom stereocenters. The third-order valence-corrected chi connectivity index (χ3v) is 2.33. The highest BCUT2D eigenvalue weighted by atomic mass is 16.5. The van der Waals surface area contributed by atoms with Crippen molar-refractivity contribution >= 4 is 5.95 Å². The summed E-state index contributed by atoms with van der Waals surface area (Å²) in [6, 6.07) is 0. The number of imidazole rings is 1. The van der Waals surface area contributed by atoms with Gasteiger partial charge in [0.2, 0.25) is 5.95 Å². The Morgan fingerprint density at radius 3 is 3.21 bits per heavy atom. The number of β-amino-alcohol motifs (C(OH)–C–C–N with tert-alkyl or cyclic N) is 1. The SMILES string of the molecule is Cn1ccnc1N1CCOCC(O)C1. The lowest BCUT2D eigenvalue weighted by molar-refractivity contribution is 0.0597. The van der Waals surface area contributed by atoms with Gasteiger partial charge in [0.25, 0.3) is 0 Å². The normalized spacial score (nSPS) is 23.6. The van der Waals surface area contributed by atoms with Crippen molar-refractivity contribution in [2.24, 2.45) is 7.05 Å². The molecule has 1 aliphatic rings. The summed E-state index contributed by atoms with van der Waals surface area (Å²) in [6.07, 6.45) is 3.23. The molecule has 14 heavy (non-hydrogen) atoms. The number of hydrogen-bond donors (Lipinski definition) is 1. The fourth-order valence-corrected chi connectivity index (χ4v) is 1.64. The lowest BCUT2D eigenvalue weighted by Gasteiger charge is -2.22. The highest BCUT2D eigenvalue weighted by molar-refractivity contribution is 5.31. The Balaban J connectivity index is 2.13. The van der Waals surface area contributed by atoms with Crippen molar-refractivity contribution in [3.05, 3.63) is 12.4 Å². The maximum absolute atomic E-state index is 9.55. The number of aryl methyl sites for hydroxylation is 1. The van der Waals surface area contributed by atoms with Crippen LogP contribution >= 0.6 is 0 Å². The minimum absolute atomic E-state index is 0.418.